The van der Waals surface area contributed by atoms with Crippen LogP contribution in [0, 0.1) is 5.92 Å². The maximum Gasteiger partial charge on any atom is 0.328 e. The third-order valence-corrected chi connectivity index (χ3v) is 6.21. The first kappa shape index (κ1) is 20.8. The summed E-state index contributed by atoms with van der Waals surface area (Å²) in [6, 6.07) is 11.0. The molecule has 2 aromatic rings. The number of rotatable bonds is 9. The van der Waals surface area contributed by atoms with E-state index < -0.39 is 34.2 Å². The molecule has 9 heteroatoms. The highest BCUT2D eigenvalue weighted by Crippen LogP contribution is 2.33. The number of esters is 1. The van der Waals surface area contributed by atoms with E-state index in [-0.39, 0.29) is 22.3 Å². The van der Waals surface area contributed by atoms with Crippen LogP contribution in [0.1, 0.15) is 19.3 Å². The normalized spacial score (nSPS) is 14.8. The van der Waals surface area contributed by atoms with Crippen LogP contribution in [0.5, 0.6) is 17.2 Å². The lowest BCUT2D eigenvalue weighted by molar-refractivity contribution is -0.143. The Bertz CT molecular complexity index is 980. The Morgan fingerprint density at radius 1 is 1.00 bits per heavy atom. The zero-order valence-electron chi connectivity index (χ0n) is 15.5. The second-order valence-corrected chi connectivity index (χ2v) is 8.93. The largest absolute Gasteiger partial charge is 0.481 e. The highest BCUT2D eigenvalue weighted by molar-refractivity contribution is 7.91. The first-order valence-corrected chi connectivity index (χ1v) is 10.7. The Hall–Kier alpha value is -2.91. The molecule has 0 amide bonds. The summed E-state index contributed by atoms with van der Waals surface area (Å²) in [5.41, 5.74) is 5.45. The lowest BCUT2D eigenvalue weighted by Crippen LogP contribution is -2.36. The number of ether oxygens (including phenoxy) is 2. The highest BCUT2D eigenvalue weighted by atomic mass is 32.2. The summed E-state index contributed by atoms with van der Waals surface area (Å²) in [4.78, 5) is 22.6. The molecule has 0 spiro atoms. The van der Waals surface area contributed by atoms with Gasteiger partial charge in [-0.3, -0.25) is 4.79 Å². The quantitative estimate of drug-likeness (QED) is 0.467. The zero-order chi connectivity index (χ0) is 21.0. The molecule has 0 heterocycles. The molecule has 1 unspecified atom stereocenters. The molecule has 1 saturated carbocycles. The predicted molar refractivity (Wildman–Crippen MR) is 104 cm³/mol. The molecule has 1 aliphatic carbocycles. The number of sulfone groups is 1. The minimum absolute atomic E-state index is 0.184. The van der Waals surface area contributed by atoms with Gasteiger partial charge in [0, 0.05) is 0 Å². The van der Waals surface area contributed by atoms with Crippen LogP contribution in [0.3, 0.4) is 0 Å². The van der Waals surface area contributed by atoms with Crippen LogP contribution in [0.15, 0.2) is 53.4 Å². The molecule has 1 atom stereocenters. The smallest absolute Gasteiger partial charge is 0.328 e. The fraction of sp³-hybridized carbons (Fsp3) is 0.300. The van der Waals surface area contributed by atoms with Crippen molar-refractivity contribution in [3.8, 4) is 17.2 Å². The fourth-order valence-electron chi connectivity index (χ4n) is 2.58. The number of carboxylic acids is 1. The van der Waals surface area contributed by atoms with Gasteiger partial charge in [0.05, 0.1) is 17.1 Å². The molecule has 29 heavy (non-hydrogen) atoms. The van der Waals surface area contributed by atoms with Crippen molar-refractivity contribution in [2.45, 2.75) is 30.2 Å². The number of carboxylic acid groups (broad SMARTS) is 1. The summed E-state index contributed by atoms with van der Waals surface area (Å²) in [6.45, 7) is 0. The monoisotopic (exact) mass is 419 g/mol. The summed E-state index contributed by atoms with van der Waals surface area (Å²) in [5, 5.41) is 8.64. The van der Waals surface area contributed by atoms with Crippen molar-refractivity contribution in [1.82, 2.24) is 0 Å². The maximum atomic E-state index is 12.3. The number of hydrogen-bond donors (Lipinski definition) is 2. The minimum Gasteiger partial charge on any atom is -0.481 e. The van der Waals surface area contributed by atoms with Crippen LogP contribution >= 0.6 is 0 Å². The average Bonchev–Trinajstić information content (AvgIpc) is 3.46. The van der Waals surface area contributed by atoms with Gasteiger partial charge in [-0.2, -0.15) is 0 Å². The molecule has 0 aliphatic heterocycles. The van der Waals surface area contributed by atoms with Gasteiger partial charge in [-0.1, -0.05) is 0 Å². The SMILES string of the molecule is NC(CC(=O)O)C(=O)Oc1ccc(Oc2ccc(S(=O)(=O)CC3CC3)cc2)cc1. The molecule has 0 bridgehead atoms. The number of carbonyl (C=O) groups excluding carboxylic acids is 1. The third-order valence-electron chi connectivity index (χ3n) is 4.31. The van der Waals surface area contributed by atoms with Crippen LogP contribution in [-0.4, -0.2) is 37.3 Å². The number of nitrogens with two attached hydrogens (primary N) is 1. The Morgan fingerprint density at radius 2 is 1.52 bits per heavy atom. The van der Waals surface area contributed by atoms with E-state index in [1.807, 2.05) is 0 Å². The maximum absolute atomic E-state index is 12.3. The van der Waals surface area contributed by atoms with Crippen molar-refractivity contribution in [2.75, 3.05) is 5.75 Å². The number of benzene rings is 2. The van der Waals surface area contributed by atoms with E-state index in [1.54, 1.807) is 24.3 Å². The molecule has 1 aliphatic rings. The van der Waals surface area contributed by atoms with Crippen LogP contribution in [0.2, 0.25) is 0 Å². The van der Waals surface area contributed by atoms with Crippen molar-refractivity contribution in [2.24, 2.45) is 11.7 Å². The van der Waals surface area contributed by atoms with Crippen LogP contribution in [0.4, 0.5) is 0 Å². The zero-order valence-corrected chi connectivity index (χ0v) is 16.3. The molecule has 0 saturated heterocycles. The summed E-state index contributed by atoms with van der Waals surface area (Å²) in [6.07, 6.45) is 1.42. The molecule has 154 valence electrons. The second-order valence-electron chi connectivity index (χ2n) is 6.90. The van der Waals surface area contributed by atoms with Crippen molar-refractivity contribution < 1.29 is 32.6 Å². The molecular weight excluding hydrogens is 398 g/mol. The number of hydrogen-bond acceptors (Lipinski definition) is 7. The van der Waals surface area contributed by atoms with Gasteiger partial charge >= 0.3 is 11.9 Å². The third kappa shape index (κ3) is 6.03. The Morgan fingerprint density at radius 3 is 2.03 bits per heavy atom. The summed E-state index contributed by atoms with van der Waals surface area (Å²) in [7, 11) is -3.27. The van der Waals surface area contributed by atoms with Crippen molar-refractivity contribution in [1.29, 1.82) is 0 Å². The van der Waals surface area contributed by atoms with Gasteiger partial charge in [-0.05, 0) is 67.3 Å². The van der Waals surface area contributed by atoms with Gasteiger partial charge in [-0.25, -0.2) is 13.2 Å². The van der Waals surface area contributed by atoms with Crippen molar-refractivity contribution in [3.63, 3.8) is 0 Å². The lowest BCUT2D eigenvalue weighted by atomic mass is 10.2. The van der Waals surface area contributed by atoms with E-state index >= 15 is 0 Å². The first-order chi connectivity index (χ1) is 13.7. The van der Waals surface area contributed by atoms with Gasteiger partial charge in [0.25, 0.3) is 0 Å². The van der Waals surface area contributed by atoms with E-state index in [4.69, 9.17) is 20.3 Å². The van der Waals surface area contributed by atoms with E-state index in [2.05, 4.69) is 0 Å². The molecule has 8 nitrogen and oxygen atoms in total. The second kappa shape index (κ2) is 8.62. The van der Waals surface area contributed by atoms with Gasteiger partial charge in [0.2, 0.25) is 0 Å². The average molecular weight is 419 g/mol. The Balaban J connectivity index is 1.58. The molecule has 3 N–H and O–H groups in total. The van der Waals surface area contributed by atoms with E-state index in [9.17, 15) is 18.0 Å². The van der Waals surface area contributed by atoms with Crippen LogP contribution in [0.25, 0.3) is 0 Å². The molecule has 0 radical (unpaired) electrons. The standard InChI is InChI=1S/C20H21NO7S/c21-18(11-19(22)23)20(24)28-16-5-3-14(4-6-16)27-15-7-9-17(10-8-15)29(25,26)12-13-1-2-13/h3-10,13,18H,1-2,11-12,21H2,(H,22,23). The van der Waals surface area contributed by atoms with Gasteiger partial charge in [0.15, 0.2) is 9.84 Å². The number of carbonyl (C=O) groups is 2. The van der Waals surface area contributed by atoms with Gasteiger partial charge in [-0.15, -0.1) is 0 Å². The number of aliphatic carboxylic acids is 1. The molecule has 2 aromatic carbocycles. The molecular formula is C20H21NO7S. The first-order valence-electron chi connectivity index (χ1n) is 9.03. The Labute approximate surface area is 168 Å². The van der Waals surface area contributed by atoms with Gasteiger partial charge in [0.1, 0.15) is 23.3 Å². The van der Waals surface area contributed by atoms with E-state index in [0.29, 0.717) is 11.5 Å². The lowest BCUT2D eigenvalue weighted by Gasteiger charge is -2.10. The van der Waals surface area contributed by atoms with Crippen molar-refractivity contribution >= 4 is 21.8 Å². The van der Waals surface area contributed by atoms with Crippen LogP contribution in [-0.2, 0) is 19.4 Å². The fourth-order valence-corrected chi connectivity index (χ4v) is 4.28. The summed E-state index contributed by atoms with van der Waals surface area (Å²) in [5.74, 6) is -0.457. The van der Waals surface area contributed by atoms with Gasteiger partial charge < -0.3 is 20.3 Å². The predicted octanol–water partition coefficient (Wildman–Crippen LogP) is 2.37. The van der Waals surface area contributed by atoms with E-state index in [0.717, 1.165) is 12.8 Å². The van der Waals surface area contributed by atoms with Crippen LogP contribution < -0.4 is 15.2 Å². The summed E-state index contributed by atoms with van der Waals surface area (Å²) < 4.78 is 35.2. The molecule has 3 rings (SSSR count). The Kier molecular flexibility index (Phi) is 6.19. The molecule has 0 aromatic heterocycles. The summed E-state index contributed by atoms with van der Waals surface area (Å²) >= 11 is 0. The highest BCUT2D eigenvalue weighted by Gasteiger charge is 2.29. The topological polar surface area (TPSA) is 133 Å². The van der Waals surface area contributed by atoms with Crippen molar-refractivity contribution in [3.05, 3.63) is 48.5 Å². The van der Waals surface area contributed by atoms with E-state index in [1.165, 1.54) is 24.3 Å². The minimum atomic E-state index is -3.27. The molecule has 1 fully saturated rings.